The minimum atomic E-state index is 0.364. The Morgan fingerprint density at radius 2 is 2.44 bits per heavy atom. The number of allylic oxidation sites excluding steroid dienone is 1. The first-order chi connectivity index (χ1) is 8.67. The summed E-state index contributed by atoms with van der Waals surface area (Å²) >= 11 is 1.49. The van der Waals surface area contributed by atoms with Crippen molar-refractivity contribution in [3.8, 4) is 0 Å². The summed E-state index contributed by atoms with van der Waals surface area (Å²) in [6.07, 6.45) is 3.36. The second-order valence-electron chi connectivity index (χ2n) is 3.69. The summed E-state index contributed by atoms with van der Waals surface area (Å²) in [5.74, 6) is 0. The van der Waals surface area contributed by atoms with Gasteiger partial charge < -0.3 is 11.1 Å². The van der Waals surface area contributed by atoms with E-state index in [9.17, 15) is 0 Å². The second kappa shape index (κ2) is 5.05. The van der Waals surface area contributed by atoms with Gasteiger partial charge in [-0.05, 0) is 19.7 Å². The molecule has 2 aromatic rings. The zero-order valence-electron chi connectivity index (χ0n) is 9.97. The highest BCUT2D eigenvalue weighted by Gasteiger charge is 2.11. The van der Waals surface area contributed by atoms with E-state index in [4.69, 9.17) is 11.1 Å². The molecule has 0 radical (unpaired) electrons. The summed E-state index contributed by atoms with van der Waals surface area (Å²) in [4.78, 5) is 12.5. The van der Waals surface area contributed by atoms with Crippen molar-refractivity contribution >= 4 is 40.2 Å². The average molecular weight is 259 g/mol. The van der Waals surface area contributed by atoms with Crippen LogP contribution in [0.25, 0.3) is 15.9 Å². The monoisotopic (exact) mass is 259 g/mol. The third-order valence-electron chi connectivity index (χ3n) is 2.52. The van der Waals surface area contributed by atoms with Crippen LogP contribution in [0.15, 0.2) is 23.0 Å². The van der Waals surface area contributed by atoms with Gasteiger partial charge in [-0.3, -0.25) is 9.98 Å². The topological polar surface area (TPSA) is 88.0 Å². The summed E-state index contributed by atoms with van der Waals surface area (Å²) in [6, 6.07) is 1.91. The van der Waals surface area contributed by atoms with Gasteiger partial charge in [-0.2, -0.15) is 0 Å². The SMILES string of the molecule is C=N/C(CC=N)=C(\N)c1nc2c(C)nccc2s1. The van der Waals surface area contributed by atoms with Crippen molar-refractivity contribution in [1.29, 1.82) is 5.41 Å². The molecule has 0 spiro atoms. The predicted molar refractivity (Wildman–Crippen MR) is 76.2 cm³/mol. The number of fused-ring (bicyclic) bond motifs is 1. The van der Waals surface area contributed by atoms with Crippen LogP contribution in [0, 0.1) is 12.3 Å². The normalized spacial score (nSPS) is 12.3. The van der Waals surface area contributed by atoms with Crippen molar-refractivity contribution < 1.29 is 0 Å². The molecule has 2 heterocycles. The number of pyridine rings is 1. The number of thiazole rings is 1. The molecule has 18 heavy (non-hydrogen) atoms. The smallest absolute Gasteiger partial charge is 0.142 e. The lowest BCUT2D eigenvalue weighted by Gasteiger charge is -2.00. The van der Waals surface area contributed by atoms with Gasteiger partial charge in [0.25, 0.3) is 0 Å². The molecule has 6 heteroatoms. The lowest BCUT2D eigenvalue weighted by molar-refractivity contribution is 1.19. The number of aliphatic imine (C=N–C) groups is 1. The van der Waals surface area contributed by atoms with Gasteiger partial charge >= 0.3 is 0 Å². The number of hydrogen-bond acceptors (Lipinski definition) is 6. The van der Waals surface area contributed by atoms with Gasteiger partial charge in [0.15, 0.2) is 0 Å². The maximum atomic E-state index is 7.10. The van der Waals surface area contributed by atoms with Gasteiger partial charge in [0.05, 0.1) is 21.8 Å². The van der Waals surface area contributed by atoms with Crippen molar-refractivity contribution in [3.63, 3.8) is 0 Å². The molecule has 92 valence electrons. The van der Waals surface area contributed by atoms with Crippen LogP contribution in [0.5, 0.6) is 0 Å². The highest BCUT2D eigenvalue weighted by molar-refractivity contribution is 7.19. The van der Waals surface area contributed by atoms with E-state index in [-0.39, 0.29) is 0 Å². The van der Waals surface area contributed by atoms with Gasteiger partial charge in [0.1, 0.15) is 10.5 Å². The van der Waals surface area contributed by atoms with Crippen molar-refractivity contribution in [2.75, 3.05) is 0 Å². The summed E-state index contributed by atoms with van der Waals surface area (Å²) in [5, 5.41) is 7.80. The first-order valence-electron chi connectivity index (χ1n) is 5.34. The molecule has 3 N–H and O–H groups in total. The molecule has 0 saturated heterocycles. The maximum absolute atomic E-state index is 7.10. The molecule has 0 bridgehead atoms. The number of nitrogens with zero attached hydrogens (tertiary/aromatic N) is 3. The Labute approximate surface area is 109 Å². The molecule has 0 aliphatic carbocycles. The van der Waals surface area contributed by atoms with Gasteiger partial charge in [-0.15, -0.1) is 11.3 Å². The molecule has 5 nitrogen and oxygen atoms in total. The lowest BCUT2D eigenvalue weighted by Crippen LogP contribution is -2.00. The van der Waals surface area contributed by atoms with Crippen LogP contribution in [-0.4, -0.2) is 22.9 Å². The Balaban J connectivity index is 2.57. The molecule has 0 aliphatic heterocycles. The van der Waals surface area contributed by atoms with Gasteiger partial charge in [0.2, 0.25) is 0 Å². The highest BCUT2D eigenvalue weighted by Crippen LogP contribution is 2.28. The molecule has 0 fully saturated rings. The zero-order chi connectivity index (χ0) is 13.1. The molecular weight excluding hydrogens is 246 g/mol. The molecule has 0 saturated carbocycles. The largest absolute Gasteiger partial charge is 0.395 e. The fourth-order valence-electron chi connectivity index (χ4n) is 1.58. The van der Waals surface area contributed by atoms with Crippen molar-refractivity contribution in [2.24, 2.45) is 10.7 Å². The summed E-state index contributed by atoms with van der Waals surface area (Å²) in [6.45, 7) is 5.38. The highest BCUT2D eigenvalue weighted by atomic mass is 32.1. The minimum Gasteiger partial charge on any atom is -0.395 e. The van der Waals surface area contributed by atoms with Crippen LogP contribution in [0.4, 0.5) is 0 Å². The summed E-state index contributed by atoms with van der Waals surface area (Å²) in [5.41, 5.74) is 8.82. The zero-order valence-corrected chi connectivity index (χ0v) is 10.8. The third kappa shape index (κ3) is 2.14. The van der Waals surface area contributed by atoms with E-state index in [0.717, 1.165) is 15.9 Å². The van der Waals surface area contributed by atoms with E-state index in [1.54, 1.807) is 6.20 Å². The van der Waals surface area contributed by atoms with Gasteiger partial charge in [-0.25, -0.2) is 4.98 Å². The molecular formula is C12H13N5S. The molecule has 0 aliphatic rings. The molecule has 2 rings (SSSR count). The van der Waals surface area contributed by atoms with E-state index < -0.39 is 0 Å². The van der Waals surface area contributed by atoms with E-state index in [2.05, 4.69) is 21.7 Å². The number of rotatable bonds is 4. The van der Waals surface area contributed by atoms with Crippen molar-refractivity contribution in [1.82, 2.24) is 9.97 Å². The third-order valence-corrected chi connectivity index (χ3v) is 3.57. The van der Waals surface area contributed by atoms with Gasteiger partial charge in [-0.1, -0.05) is 0 Å². The fraction of sp³-hybridized carbons (Fsp3) is 0.167. The molecule has 0 atom stereocenters. The summed E-state index contributed by atoms with van der Waals surface area (Å²) in [7, 11) is 0. The first kappa shape index (κ1) is 12.4. The molecule has 0 aromatic carbocycles. The van der Waals surface area contributed by atoms with E-state index in [1.165, 1.54) is 17.6 Å². The Hall–Kier alpha value is -2.08. The van der Waals surface area contributed by atoms with Crippen molar-refractivity contribution in [2.45, 2.75) is 13.3 Å². The Morgan fingerprint density at radius 3 is 3.06 bits per heavy atom. The maximum Gasteiger partial charge on any atom is 0.142 e. The summed E-state index contributed by atoms with van der Waals surface area (Å²) < 4.78 is 1.04. The van der Waals surface area contributed by atoms with Crippen molar-refractivity contribution in [3.05, 3.63) is 28.7 Å². The lowest BCUT2D eigenvalue weighted by atomic mass is 10.2. The van der Waals surface area contributed by atoms with E-state index in [1.807, 2.05) is 13.0 Å². The average Bonchev–Trinajstić information content (AvgIpc) is 2.80. The Kier molecular flexibility index (Phi) is 3.47. The molecule has 2 aromatic heterocycles. The number of nitrogens with two attached hydrogens (primary N) is 1. The fourth-order valence-corrected chi connectivity index (χ4v) is 2.57. The minimum absolute atomic E-state index is 0.364. The standard InChI is InChI=1S/C12H13N5S/c1-7-11-9(4-6-16-7)18-12(17-11)10(14)8(15-2)3-5-13/h4-6,13H,2-3,14H2,1H3/b10-8-,13-5?. The second-order valence-corrected chi connectivity index (χ2v) is 4.72. The van der Waals surface area contributed by atoms with Crippen LogP contribution >= 0.6 is 11.3 Å². The quantitative estimate of drug-likeness (QED) is 0.826. The van der Waals surface area contributed by atoms with Crippen LogP contribution in [0.2, 0.25) is 0 Å². The molecule has 0 unspecified atom stereocenters. The molecule has 0 amide bonds. The number of nitrogens with one attached hydrogen (secondary N) is 1. The van der Waals surface area contributed by atoms with Crippen LogP contribution in [0.3, 0.4) is 0 Å². The predicted octanol–water partition coefficient (Wildman–Crippen LogP) is 2.37. The van der Waals surface area contributed by atoms with E-state index in [0.29, 0.717) is 22.8 Å². The number of hydrogen-bond donors (Lipinski definition) is 2. The van der Waals surface area contributed by atoms with Crippen LogP contribution in [-0.2, 0) is 0 Å². The Bertz CT molecular complexity index is 641. The van der Waals surface area contributed by atoms with Gasteiger partial charge in [0, 0.05) is 18.8 Å². The van der Waals surface area contributed by atoms with E-state index >= 15 is 0 Å². The number of aryl methyl sites for hydroxylation is 1. The first-order valence-corrected chi connectivity index (χ1v) is 6.15. The number of aromatic nitrogens is 2. The van der Waals surface area contributed by atoms with Crippen LogP contribution in [0.1, 0.15) is 17.1 Å². The van der Waals surface area contributed by atoms with Crippen LogP contribution < -0.4 is 5.73 Å². The Morgan fingerprint density at radius 1 is 1.67 bits per heavy atom.